The predicted molar refractivity (Wildman–Crippen MR) is 77.9 cm³/mol. The highest BCUT2D eigenvalue weighted by molar-refractivity contribution is 8.01. The number of rotatable bonds is 3. The second kappa shape index (κ2) is 5.10. The first kappa shape index (κ1) is 12.3. The molecule has 0 fully saturated rings. The van der Waals surface area contributed by atoms with Gasteiger partial charge in [0.1, 0.15) is 10.0 Å². The Hall–Kier alpha value is -1.73. The molecule has 0 unspecified atom stereocenters. The summed E-state index contributed by atoms with van der Waals surface area (Å²) < 4.78 is 0.892. The van der Waals surface area contributed by atoms with E-state index in [0.717, 1.165) is 25.3 Å². The minimum Gasteiger partial charge on any atom is -0.357 e. The molecule has 0 spiro atoms. The van der Waals surface area contributed by atoms with Crippen molar-refractivity contribution in [1.29, 1.82) is 0 Å². The number of aryl methyl sites for hydroxylation is 1. The predicted octanol–water partition coefficient (Wildman–Crippen LogP) is 2.98. The zero-order chi connectivity index (χ0) is 13.2. The molecule has 3 aromatic rings. The summed E-state index contributed by atoms with van der Waals surface area (Å²) in [4.78, 5) is 8.94. The molecule has 0 radical (unpaired) electrons. The van der Waals surface area contributed by atoms with Gasteiger partial charge in [0.15, 0.2) is 4.34 Å². The Morgan fingerprint density at radius 3 is 2.74 bits per heavy atom. The van der Waals surface area contributed by atoms with E-state index in [4.69, 9.17) is 0 Å². The van der Waals surface area contributed by atoms with Crippen LogP contribution in [-0.4, -0.2) is 27.2 Å². The normalized spacial score (nSPS) is 10.8. The lowest BCUT2D eigenvalue weighted by Crippen LogP contribution is -1.98. The minimum atomic E-state index is 0.613. The number of hydrogen-bond donors (Lipinski definition) is 1. The van der Waals surface area contributed by atoms with E-state index in [1.54, 1.807) is 11.3 Å². The lowest BCUT2D eigenvalue weighted by atomic mass is 10.2. The molecular formula is C12H11N5S2. The second-order valence-corrected chi connectivity index (χ2v) is 6.23. The van der Waals surface area contributed by atoms with Gasteiger partial charge >= 0.3 is 0 Å². The molecule has 2 aromatic heterocycles. The number of hydrogen-bond acceptors (Lipinski definition) is 7. The van der Waals surface area contributed by atoms with Crippen LogP contribution in [0.3, 0.4) is 0 Å². The number of benzene rings is 1. The van der Waals surface area contributed by atoms with E-state index in [1.165, 1.54) is 11.8 Å². The van der Waals surface area contributed by atoms with Crippen molar-refractivity contribution in [3.8, 4) is 0 Å². The Morgan fingerprint density at radius 1 is 1.16 bits per heavy atom. The monoisotopic (exact) mass is 289 g/mol. The quantitative estimate of drug-likeness (QED) is 0.748. The van der Waals surface area contributed by atoms with Crippen molar-refractivity contribution in [3.05, 3.63) is 29.3 Å². The molecule has 0 aliphatic carbocycles. The topological polar surface area (TPSA) is 63.6 Å². The van der Waals surface area contributed by atoms with Gasteiger partial charge in [-0.1, -0.05) is 29.5 Å². The standard InChI is InChI=1S/C12H11N5S2/c1-7-16-17-12(18-7)19-10-8-5-3-4-6-9(8)14-11(13-2)15-10/h3-6H,1-2H3,(H,13,14,15). The Morgan fingerprint density at radius 2 is 2.00 bits per heavy atom. The van der Waals surface area contributed by atoms with E-state index in [0.29, 0.717) is 5.95 Å². The van der Waals surface area contributed by atoms with Crippen LogP contribution in [0.25, 0.3) is 10.9 Å². The summed E-state index contributed by atoms with van der Waals surface area (Å²) in [5.41, 5.74) is 0.922. The SMILES string of the molecule is CNc1nc(Sc2nnc(C)s2)c2ccccc2n1. The molecule has 0 amide bonds. The van der Waals surface area contributed by atoms with Crippen molar-refractivity contribution in [1.82, 2.24) is 20.2 Å². The van der Waals surface area contributed by atoms with Crippen molar-refractivity contribution in [2.24, 2.45) is 0 Å². The fraction of sp³-hybridized carbons (Fsp3) is 0.167. The zero-order valence-electron chi connectivity index (χ0n) is 10.4. The summed E-state index contributed by atoms with van der Waals surface area (Å²) in [7, 11) is 1.81. The maximum absolute atomic E-state index is 4.50. The maximum atomic E-state index is 4.50. The zero-order valence-corrected chi connectivity index (χ0v) is 12.0. The average molecular weight is 289 g/mol. The van der Waals surface area contributed by atoms with Crippen LogP contribution in [-0.2, 0) is 0 Å². The van der Waals surface area contributed by atoms with Gasteiger partial charge in [0.2, 0.25) is 5.95 Å². The van der Waals surface area contributed by atoms with Crippen LogP contribution in [0.4, 0.5) is 5.95 Å². The molecule has 5 nitrogen and oxygen atoms in total. The summed E-state index contributed by atoms with van der Waals surface area (Å²) in [6, 6.07) is 7.96. The molecule has 0 aliphatic rings. The highest BCUT2D eigenvalue weighted by atomic mass is 32.2. The number of nitrogens with one attached hydrogen (secondary N) is 1. The van der Waals surface area contributed by atoms with Crippen LogP contribution in [0.15, 0.2) is 33.6 Å². The van der Waals surface area contributed by atoms with E-state index in [9.17, 15) is 0 Å². The van der Waals surface area contributed by atoms with Gasteiger partial charge in [-0.05, 0) is 24.8 Å². The van der Waals surface area contributed by atoms with Gasteiger partial charge in [0.05, 0.1) is 5.52 Å². The van der Waals surface area contributed by atoms with Gasteiger partial charge in [-0.3, -0.25) is 0 Å². The van der Waals surface area contributed by atoms with Gasteiger partial charge < -0.3 is 5.32 Å². The van der Waals surface area contributed by atoms with Crippen molar-refractivity contribution in [2.75, 3.05) is 12.4 Å². The highest BCUT2D eigenvalue weighted by Gasteiger charge is 2.10. The van der Waals surface area contributed by atoms with Gasteiger partial charge in [0.25, 0.3) is 0 Å². The molecule has 96 valence electrons. The lowest BCUT2D eigenvalue weighted by molar-refractivity contribution is 0.981. The number of para-hydroxylation sites is 1. The first-order chi connectivity index (χ1) is 9.26. The number of anilines is 1. The molecule has 7 heteroatoms. The largest absolute Gasteiger partial charge is 0.357 e. The van der Waals surface area contributed by atoms with Crippen LogP contribution in [0.2, 0.25) is 0 Å². The highest BCUT2D eigenvalue weighted by Crippen LogP contribution is 2.33. The van der Waals surface area contributed by atoms with E-state index >= 15 is 0 Å². The fourth-order valence-electron chi connectivity index (χ4n) is 1.64. The van der Waals surface area contributed by atoms with Crippen LogP contribution in [0.5, 0.6) is 0 Å². The average Bonchev–Trinajstić information content (AvgIpc) is 2.84. The summed E-state index contributed by atoms with van der Waals surface area (Å²) in [6.07, 6.45) is 0. The van der Waals surface area contributed by atoms with Crippen molar-refractivity contribution in [3.63, 3.8) is 0 Å². The lowest BCUT2D eigenvalue weighted by Gasteiger charge is -2.06. The van der Waals surface area contributed by atoms with Gasteiger partial charge in [0, 0.05) is 12.4 Å². The Balaban J connectivity index is 2.10. The molecule has 1 N–H and O–H groups in total. The van der Waals surface area contributed by atoms with Crippen LogP contribution < -0.4 is 5.32 Å². The van der Waals surface area contributed by atoms with E-state index in [2.05, 4.69) is 25.5 Å². The second-order valence-electron chi connectivity index (χ2n) is 3.81. The smallest absolute Gasteiger partial charge is 0.224 e. The summed E-state index contributed by atoms with van der Waals surface area (Å²) in [5.74, 6) is 0.613. The maximum Gasteiger partial charge on any atom is 0.224 e. The van der Waals surface area contributed by atoms with Gasteiger partial charge in [-0.2, -0.15) is 0 Å². The van der Waals surface area contributed by atoms with Crippen LogP contribution in [0.1, 0.15) is 5.01 Å². The van der Waals surface area contributed by atoms with Crippen molar-refractivity contribution >= 4 is 39.9 Å². The Kier molecular flexibility index (Phi) is 3.31. The minimum absolute atomic E-state index is 0.613. The van der Waals surface area contributed by atoms with Crippen LogP contribution >= 0.6 is 23.1 Å². The molecule has 19 heavy (non-hydrogen) atoms. The van der Waals surface area contributed by atoms with E-state index < -0.39 is 0 Å². The first-order valence-corrected chi connectivity index (χ1v) is 7.32. The molecule has 0 aliphatic heterocycles. The molecule has 2 heterocycles. The first-order valence-electron chi connectivity index (χ1n) is 5.69. The molecule has 0 saturated carbocycles. The van der Waals surface area contributed by atoms with E-state index in [-0.39, 0.29) is 0 Å². The number of nitrogens with zero attached hydrogens (tertiary/aromatic N) is 4. The molecule has 0 atom stereocenters. The van der Waals surface area contributed by atoms with Gasteiger partial charge in [-0.25, -0.2) is 9.97 Å². The summed E-state index contributed by atoms with van der Waals surface area (Å²) in [6.45, 7) is 1.94. The van der Waals surface area contributed by atoms with Crippen LogP contribution in [0, 0.1) is 6.92 Å². The Bertz CT molecular complexity index is 725. The molecule has 1 aromatic carbocycles. The Labute approximate surface area is 118 Å². The summed E-state index contributed by atoms with van der Waals surface area (Å²) >= 11 is 3.09. The van der Waals surface area contributed by atoms with Crippen molar-refractivity contribution in [2.45, 2.75) is 16.3 Å². The third-order valence-corrected chi connectivity index (χ3v) is 4.38. The number of aromatic nitrogens is 4. The number of fused-ring (bicyclic) bond motifs is 1. The molecule has 3 rings (SSSR count). The van der Waals surface area contributed by atoms with Gasteiger partial charge in [-0.15, -0.1) is 10.2 Å². The van der Waals surface area contributed by atoms with E-state index in [1.807, 2.05) is 38.2 Å². The third kappa shape index (κ3) is 2.52. The van der Waals surface area contributed by atoms with Crippen molar-refractivity contribution < 1.29 is 0 Å². The third-order valence-electron chi connectivity index (χ3n) is 2.48. The summed E-state index contributed by atoms with van der Waals surface area (Å²) in [5, 5.41) is 14.0. The molecular weight excluding hydrogens is 278 g/mol. The fourth-order valence-corrected chi connectivity index (χ4v) is 3.48. The molecule has 0 bridgehead atoms. The molecule has 0 saturated heterocycles.